The van der Waals surface area contributed by atoms with Crippen LogP contribution in [0.25, 0.3) is 6.08 Å². The summed E-state index contributed by atoms with van der Waals surface area (Å²) in [6, 6.07) is 17.0. The summed E-state index contributed by atoms with van der Waals surface area (Å²) in [5.41, 5.74) is 2.47. The Labute approximate surface area is 172 Å². The van der Waals surface area contributed by atoms with Gasteiger partial charge in [-0.1, -0.05) is 59.3 Å². The van der Waals surface area contributed by atoms with Crippen molar-refractivity contribution in [2.45, 2.75) is 13.1 Å². The number of rotatable bonds is 8. The number of amides is 1. The summed E-state index contributed by atoms with van der Waals surface area (Å²) in [5, 5.41) is 11.2. The normalized spacial score (nSPS) is 10.8. The van der Waals surface area contributed by atoms with E-state index in [1.54, 1.807) is 29.1 Å². The number of esters is 1. The third kappa shape index (κ3) is 6.90. The second kappa shape index (κ2) is 10.2. The number of nitrogens with one attached hydrogen (secondary N) is 1. The van der Waals surface area contributed by atoms with Crippen LogP contribution < -0.4 is 5.32 Å². The molecule has 0 aliphatic rings. The van der Waals surface area contributed by atoms with Gasteiger partial charge in [0.05, 0.1) is 12.7 Å². The van der Waals surface area contributed by atoms with Crippen molar-refractivity contribution in [2.24, 2.45) is 0 Å². The zero-order chi connectivity index (χ0) is 20.5. The van der Waals surface area contributed by atoms with Crippen LogP contribution >= 0.6 is 11.6 Å². The van der Waals surface area contributed by atoms with E-state index in [1.165, 1.54) is 12.2 Å². The quantitative estimate of drug-likeness (QED) is 0.456. The summed E-state index contributed by atoms with van der Waals surface area (Å²) in [4.78, 5) is 23.6. The molecule has 0 atom stereocenters. The van der Waals surface area contributed by atoms with E-state index in [0.29, 0.717) is 23.8 Å². The van der Waals surface area contributed by atoms with E-state index in [-0.39, 0.29) is 6.61 Å². The van der Waals surface area contributed by atoms with Gasteiger partial charge in [0.1, 0.15) is 5.69 Å². The van der Waals surface area contributed by atoms with E-state index in [0.717, 1.165) is 11.1 Å². The van der Waals surface area contributed by atoms with Gasteiger partial charge in [-0.15, -0.1) is 5.10 Å². The second-order valence-corrected chi connectivity index (χ2v) is 6.61. The van der Waals surface area contributed by atoms with E-state index in [9.17, 15) is 9.59 Å². The largest absolute Gasteiger partial charge is 0.452 e. The van der Waals surface area contributed by atoms with Gasteiger partial charge in [-0.25, -0.2) is 9.48 Å². The number of aromatic nitrogens is 3. The fourth-order valence-electron chi connectivity index (χ4n) is 2.47. The van der Waals surface area contributed by atoms with Gasteiger partial charge >= 0.3 is 5.97 Å². The summed E-state index contributed by atoms with van der Waals surface area (Å²) in [6.45, 7) is 0.515. The minimum atomic E-state index is -0.638. The smallest absolute Gasteiger partial charge is 0.331 e. The van der Waals surface area contributed by atoms with Crippen LogP contribution in [0.4, 0.5) is 0 Å². The lowest BCUT2D eigenvalue weighted by molar-refractivity contribution is -0.143. The number of carbonyl (C=O) groups excluding carboxylic acids is 2. The third-order valence-electron chi connectivity index (χ3n) is 3.86. The molecule has 7 nitrogen and oxygen atoms in total. The average molecular weight is 411 g/mol. The molecule has 2 aromatic carbocycles. The molecule has 0 saturated heterocycles. The van der Waals surface area contributed by atoms with Crippen molar-refractivity contribution in [3.63, 3.8) is 0 Å². The molecule has 1 aromatic heterocycles. The molecular formula is C21H19ClN4O3. The van der Waals surface area contributed by atoms with Crippen molar-refractivity contribution in [3.05, 3.63) is 88.7 Å². The number of benzene rings is 2. The van der Waals surface area contributed by atoms with Crippen molar-refractivity contribution >= 4 is 29.6 Å². The van der Waals surface area contributed by atoms with Crippen molar-refractivity contribution in [1.29, 1.82) is 0 Å². The highest BCUT2D eigenvalue weighted by Gasteiger charge is 2.06. The predicted molar refractivity (Wildman–Crippen MR) is 109 cm³/mol. The van der Waals surface area contributed by atoms with E-state index in [1.807, 2.05) is 36.4 Å². The third-order valence-corrected chi connectivity index (χ3v) is 4.09. The van der Waals surface area contributed by atoms with E-state index < -0.39 is 11.9 Å². The lowest BCUT2D eigenvalue weighted by atomic mass is 10.2. The molecule has 1 N–H and O–H groups in total. The van der Waals surface area contributed by atoms with Crippen molar-refractivity contribution < 1.29 is 14.3 Å². The summed E-state index contributed by atoms with van der Waals surface area (Å²) in [5.74, 6) is -1.04. The van der Waals surface area contributed by atoms with Crippen LogP contribution in [0.5, 0.6) is 0 Å². The van der Waals surface area contributed by atoms with E-state index >= 15 is 0 Å². The first-order valence-corrected chi connectivity index (χ1v) is 9.26. The predicted octanol–water partition coefficient (Wildman–Crippen LogP) is 2.85. The number of carbonyl (C=O) groups is 2. The summed E-state index contributed by atoms with van der Waals surface area (Å²) < 4.78 is 6.59. The Morgan fingerprint density at radius 2 is 1.90 bits per heavy atom. The fourth-order valence-corrected chi connectivity index (χ4v) is 2.69. The molecule has 1 heterocycles. The molecule has 1 amide bonds. The Balaban J connectivity index is 1.41. The van der Waals surface area contributed by atoms with E-state index in [2.05, 4.69) is 15.6 Å². The summed E-state index contributed by atoms with van der Waals surface area (Å²) in [6.07, 6.45) is 4.41. The van der Waals surface area contributed by atoms with Crippen LogP contribution in [-0.4, -0.2) is 33.5 Å². The zero-order valence-corrected chi connectivity index (χ0v) is 16.2. The van der Waals surface area contributed by atoms with Crippen molar-refractivity contribution in [3.8, 4) is 0 Å². The van der Waals surface area contributed by atoms with Gasteiger partial charge in [-0.3, -0.25) is 4.79 Å². The first-order valence-electron chi connectivity index (χ1n) is 8.88. The van der Waals surface area contributed by atoms with Crippen LogP contribution in [0, 0.1) is 0 Å². The molecule has 0 saturated carbocycles. The molecule has 3 aromatic rings. The standard InChI is InChI=1S/C21H19ClN4O3/c22-18-8-4-7-17(11-18)12-23-20(27)15-29-21(28)10-9-19-14-26(25-24-19)13-16-5-2-1-3-6-16/h1-11,14H,12-13,15H2,(H,23,27)/b10-9+. The van der Waals surface area contributed by atoms with Gasteiger partial charge in [0, 0.05) is 17.6 Å². The van der Waals surface area contributed by atoms with Crippen LogP contribution in [0.2, 0.25) is 5.02 Å². The SMILES string of the molecule is O=C(COC(=O)/C=C/c1cn(Cc2ccccc2)nn1)NCc1cccc(Cl)c1. The highest BCUT2D eigenvalue weighted by Crippen LogP contribution is 2.10. The zero-order valence-electron chi connectivity index (χ0n) is 15.5. The number of hydrogen-bond acceptors (Lipinski definition) is 5. The van der Waals surface area contributed by atoms with Gasteiger partial charge in [-0.2, -0.15) is 0 Å². The lowest BCUT2D eigenvalue weighted by Gasteiger charge is -2.05. The minimum Gasteiger partial charge on any atom is -0.452 e. The topological polar surface area (TPSA) is 86.1 Å². The highest BCUT2D eigenvalue weighted by atomic mass is 35.5. The number of hydrogen-bond donors (Lipinski definition) is 1. The monoisotopic (exact) mass is 410 g/mol. The minimum absolute atomic E-state index is 0.303. The first-order chi connectivity index (χ1) is 14.1. The van der Waals surface area contributed by atoms with Crippen LogP contribution in [0.15, 0.2) is 66.9 Å². The highest BCUT2D eigenvalue weighted by molar-refractivity contribution is 6.30. The molecule has 0 unspecified atom stereocenters. The maximum absolute atomic E-state index is 11.8. The molecular weight excluding hydrogens is 392 g/mol. The van der Waals surface area contributed by atoms with Gasteiger partial charge in [0.25, 0.3) is 5.91 Å². The first kappa shape index (κ1) is 20.3. The molecule has 0 spiro atoms. The van der Waals surface area contributed by atoms with Crippen molar-refractivity contribution in [2.75, 3.05) is 6.61 Å². The van der Waals surface area contributed by atoms with Gasteiger partial charge in [0.15, 0.2) is 6.61 Å². The van der Waals surface area contributed by atoms with Gasteiger partial charge in [-0.05, 0) is 29.3 Å². The van der Waals surface area contributed by atoms with Crippen LogP contribution in [0.1, 0.15) is 16.8 Å². The summed E-state index contributed by atoms with van der Waals surface area (Å²) in [7, 11) is 0. The molecule has 3 rings (SSSR count). The summed E-state index contributed by atoms with van der Waals surface area (Å²) >= 11 is 5.89. The number of nitrogens with zero attached hydrogens (tertiary/aromatic N) is 3. The Morgan fingerprint density at radius 3 is 2.69 bits per heavy atom. The molecule has 8 heteroatoms. The van der Waals surface area contributed by atoms with Crippen LogP contribution in [0.3, 0.4) is 0 Å². The second-order valence-electron chi connectivity index (χ2n) is 6.17. The number of halogens is 1. The molecule has 0 radical (unpaired) electrons. The average Bonchev–Trinajstić information content (AvgIpc) is 3.17. The number of ether oxygens (including phenoxy) is 1. The Hall–Kier alpha value is -3.45. The Morgan fingerprint density at radius 1 is 1.10 bits per heavy atom. The Kier molecular flexibility index (Phi) is 7.13. The van der Waals surface area contributed by atoms with Gasteiger partial charge < -0.3 is 10.1 Å². The molecule has 29 heavy (non-hydrogen) atoms. The maximum atomic E-state index is 11.8. The maximum Gasteiger partial charge on any atom is 0.331 e. The Bertz CT molecular complexity index is 1000. The molecule has 0 fully saturated rings. The van der Waals surface area contributed by atoms with E-state index in [4.69, 9.17) is 16.3 Å². The molecule has 0 aliphatic heterocycles. The molecule has 0 bridgehead atoms. The lowest BCUT2D eigenvalue weighted by Crippen LogP contribution is -2.28. The van der Waals surface area contributed by atoms with Crippen LogP contribution in [-0.2, 0) is 27.4 Å². The molecule has 0 aliphatic carbocycles. The fraction of sp³-hybridized carbons (Fsp3) is 0.143. The van der Waals surface area contributed by atoms with Crippen molar-refractivity contribution in [1.82, 2.24) is 20.3 Å². The molecule has 148 valence electrons. The van der Waals surface area contributed by atoms with Gasteiger partial charge in [0.2, 0.25) is 0 Å².